The Morgan fingerprint density at radius 1 is 1.33 bits per heavy atom. The van der Waals surface area contributed by atoms with Crippen LogP contribution in [0, 0.1) is 11.3 Å². The summed E-state index contributed by atoms with van der Waals surface area (Å²) in [5, 5.41) is 12.5. The van der Waals surface area contributed by atoms with Crippen LogP contribution in [0.15, 0.2) is 29.2 Å². The minimum atomic E-state index is -4.47. The van der Waals surface area contributed by atoms with Crippen molar-refractivity contribution >= 4 is 11.8 Å². The van der Waals surface area contributed by atoms with Crippen molar-refractivity contribution in [2.45, 2.75) is 18.0 Å². The Balaban J connectivity index is 2.50. The first-order valence-corrected chi connectivity index (χ1v) is 7.14. The largest absolute Gasteiger partial charge is 0.435 e. The van der Waals surface area contributed by atoms with Crippen molar-refractivity contribution < 1.29 is 13.2 Å². The molecule has 1 aromatic heterocycles. The lowest BCUT2D eigenvalue weighted by molar-refractivity contribution is -0.141. The molecule has 0 atom stereocenters. The number of nitrogens with zero attached hydrogens (tertiary/aromatic N) is 3. The van der Waals surface area contributed by atoms with E-state index < -0.39 is 11.9 Å². The van der Waals surface area contributed by atoms with E-state index in [9.17, 15) is 13.2 Å². The molecule has 0 bridgehead atoms. The number of thioether (sulfide) groups is 1. The predicted molar refractivity (Wildman–Crippen MR) is 74.8 cm³/mol. The van der Waals surface area contributed by atoms with Crippen LogP contribution in [-0.2, 0) is 13.2 Å². The molecule has 110 valence electrons. The van der Waals surface area contributed by atoms with E-state index in [-0.39, 0.29) is 0 Å². The van der Waals surface area contributed by atoms with Crippen LogP contribution in [0.5, 0.6) is 0 Å². The zero-order valence-corrected chi connectivity index (χ0v) is 12.2. The molecule has 0 spiro atoms. The maximum atomic E-state index is 12.7. The summed E-state index contributed by atoms with van der Waals surface area (Å²) in [7, 11) is 1.47. The van der Waals surface area contributed by atoms with Gasteiger partial charge in [0.25, 0.3) is 0 Å². The summed E-state index contributed by atoms with van der Waals surface area (Å²) < 4.78 is 39.3. The van der Waals surface area contributed by atoms with Gasteiger partial charge in [-0.15, -0.1) is 11.8 Å². The summed E-state index contributed by atoms with van der Waals surface area (Å²) in [6, 6.07) is 8.07. The molecule has 2 aromatic rings. The number of aromatic nitrogens is 2. The first-order chi connectivity index (χ1) is 9.86. The van der Waals surface area contributed by atoms with Gasteiger partial charge in [0.1, 0.15) is 6.07 Å². The van der Waals surface area contributed by atoms with Gasteiger partial charge >= 0.3 is 6.18 Å². The molecule has 2 rings (SSSR count). The first-order valence-electron chi connectivity index (χ1n) is 6.15. The number of halogens is 3. The van der Waals surface area contributed by atoms with Gasteiger partial charge in [0.05, 0.1) is 11.3 Å². The van der Waals surface area contributed by atoms with Crippen molar-refractivity contribution in [2.24, 2.45) is 7.05 Å². The molecule has 0 amide bonds. The van der Waals surface area contributed by atoms with Crippen molar-refractivity contribution in [3.8, 4) is 17.3 Å². The maximum Gasteiger partial charge on any atom is 0.435 e. The van der Waals surface area contributed by atoms with Gasteiger partial charge in [0, 0.05) is 17.5 Å². The molecule has 0 saturated heterocycles. The van der Waals surface area contributed by atoms with Crippen molar-refractivity contribution in [3.63, 3.8) is 0 Å². The van der Waals surface area contributed by atoms with E-state index in [0.717, 1.165) is 16.7 Å². The van der Waals surface area contributed by atoms with Gasteiger partial charge in [0.15, 0.2) is 5.69 Å². The topological polar surface area (TPSA) is 41.6 Å². The van der Waals surface area contributed by atoms with E-state index in [0.29, 0.717) is 16.8 Å². The van der Waals surface area contributed by atoms with Crippen LogP contribution in [0.3, 0.4) is 0 Å². The Hall–Kier alpha value is -1.94. The Kier molecular flexibility index (Phi) is 4.28. The van der Waals surface area contributed by atoms with Crippen molar-refractivity contribution in [3.05, 3.63) is 35.5 Å². The third-order valence-electron chi connectivity index (χ3n) is 2.87. The number of rotatable bonds is 3. The monoisotopic (exact) mass is 311 g/mol. The van der Waals surface area contributed by atoms with E-state index in [2.05, 4.69) is 11.2 Å². The van der Waals surface area contributed by atoms with Crippen LogP contribution in [0.1, 0.15) is 18.2 Å². The first kappa shape index (κ1) is 15.4. The summed E-state index contributed by atoms with van der Waals surface area (Å²) >= 11 is 1.48. The van der Waals surface area contributed by atoms with Crippen molar-refractivity contribution in [2.75, 3.05) is 5.75 Å². The lowest BCUT2D eigenvalue weighted by Gasteiger charge is -2.06. The van der Waals surface area contributed by atoms with Crippen LogP contribution in [-0.4, -0.2) is 15.5 Å². The van der Waals surface area contributed by atoms with Crippen LogP contribution in [0.4, 0.5) is 13.2 Å². The third-order valence-corrected chi connectivity index (χ3v) is 3.81. The fourth-order valence-electron chi connectivity index (χ4n) is 1.92. The number of hydrogen-bond donors (Lipinski definition) is 0. The highest BCUT2D eigenvalue weighted by Crippen LogP contribution is 2.33. The van der Waals surface area contributed by atoms with Crippen LogP contribution in [0.25, 0.3) is 11.3 Å². The summed E-state index contributed by atoms with van der Waals surface area (Å²) in [6.07, 6.45) is -4.47. The lowest BCUT2D eigenvalue weighted by Crippen LogP contribution is -2.06. The molecule has 0 saturated carbocycles. The highest BCUT2D eigenvalue weighted by Gasteiger charge is 2.34. The Labute approximate surface area is 124 Å². The zero-order valence-electron chi connectivity index (χ0n) is 11.4. The van der Waals surface area contributed by atoms with Gasteiger partial charge in [-0.1, -0.05) is 13.0 Å². The summed E-state index contributed by atoms with van der Waals surface area (Å²) in [5.74, 6) is 0.775. The molecule has 0 fully saturated rings. The van der Waals surface area contributed by atoms with Gasteiger partial charge in [-0.3, -0.25) is 4.68 Å². The SMILES string of the molecule is CCSc1cc(-c2cc(C(F)(F)F)nn2C)ccc1C#N. The second-order valence-electron chi connectivity index (χ2n) is 4.29. The van der Waals surface area contributed by atoms with E-state index >= 15 is 0 Å². The molecule has 0 aliphatic rings. The van der Waals surface area contributed by atoms with E-state index in [1.807, 2.05) is 6.92 Å². The standard InChI is InChI=1S/C14H12F3N3S/c1-3-21-12-6-9(4-5-10(12)8-18)11-7-13(14(15,16)17)19-20(11)2/h4-7H,3H2,1-2H3. The average molecular weight is 311 g/mol. The summed E-state index contributed by atoms with van der Waals surface area (Å²) in [5.41, 5.74) is 0.568. The fraction of sp³-hybridized carbons (Fsp3) is 0.286. The maximum absolute atomic E-state index is 12.7. The summed E-state index contributed by atoms with van der Waals surface area (Å²) in [6.45, 7) is 1.95. The smallest absolute Gasteiger partial charge is 0.267 e. The van der Waals surface area contributed by atoms with Crippen molar-refractivity contribution in [1.29, 1.82) is 5.26 Å². The molecular weight excluding hydrogens is 299 g/mol. The fourth-order valence-corrected chi connectivity index (χ4v) is 2.72. The zero-order chi connectivity index (χ0) is 15.6. The molecule has 0 N–H and O–H groups in total. The molecule has 21 heavy (non-hydrogen) atoms. The Morgan fingerprint density at radius 2 is 2.05 bits per heavy atom. The van der Waals surface area contributed by atoms with E-state index in [4.69, 9.17) is 5.26 Å². The number of hydrogen-bond acceptors (Lipinski definition) is 3. The lowest BCUT2D eigenvalue weighted by atomic mass is 10.1. The minimum Gasteiger partial charge on any atom is -0.267 e. The molecule has 1 aromatic carbocycles. The highest BCUT2D eigenvalue weighted by molar-refractivity contribution is 7.99. The second kappa shape index (κ2) is 5.82. The highest BCUT2D eigenvalue weighted by atomic mass is 32.2. The molecule has 7 heteroatoms. The Morgan fingerprint density at radius 3 is 2.57 bits per heavy atom. The van der Waals surface area contributed by atoms with Gasteiger partial charge in [-0.25, -0.2) is 0 Å². The van der Waals surface area contributed by atoms with Crippen LogP contribution < -0.4 is 0 Å². The van der Waals surface area contributed by atoms with E-state index in [1.54, 1.807) is 18.2 Å². The van der Waals surface area contributed by atoms with E-state index in [1.165, 1.54) is 23.5 Å². The molecule has 1 heterocycles. The van der Waals surface area contributed by atoms with Crippen molar-refractivity contribution in [1.82, 2.24) is 9.78 Å². The van der Waals surface area contributed by atoms with Crippen LogP contribution >= 0.6 is 11.8 Å². The second-order valence-corrected chi connectivity index (χ2v) is 5.60. The number of aryl methyl sites for hydroxylation is 1. The molecule has 3 nitrogen and oxygen atoms in total. The van der Waals surface area contributed by atoms with Crippen LogP contribution in [0.2, 0.25) is 0 Å². The quantitative estimate of drug-likeness (QED) is 0.802. The Bertz CT molecular complexity index is 698. The van der Waals surface area contributed by atoms with Gasteiger partial charge in [-0.05, 0) is 24.0 Å². The van der Waals surface area contributed by atoms with Gasteiger partial charge in [-0.2, -0.15) is 23.5 Å². The molecule has 0 aliphatic carbocycles. The van der Waals surface area contributed by atoms with Gasteiger partial charge in [0.2, 0.25) is 0 Å². The molecular formula is C14H12F3N3S. The number of alkyl halides is 3. The van der Waals surface area contributed by atoms with Gasteiger partial charge < -0.3 is 0 Å². The normalized spacial score (nSPS) is 11.4. The third kappa shape index (κ3) is 3.22. The predicted octanol–water partition coefficient (Wildman–Crippen LogP) is 4.09. The molecule has 0 aliphatic heterocycles. The molecule has 0 radical (unpaired) electrons. The number of benzene rings is 1. The average Bonchev–Trinajstić information content (AvgIpc) is 2.81. The molecule has 0 unspecified atom stereocenters. The minimum absolute atomic E-state index is 0.366. The number of nitriles is 1. The summed E-state index contributed by atoms with van der Waals surface area (Å²) in [4.78, 5) is 0.757.